The van der Waals surface area contributed by atoms with Crippen molar-refractivity contribution in [3.8, 4) is 0 Å². The van der Waals surface area contributed by atoms with Crippen LogP contribution in [0.15, 0.2) is 46.9 Å². The number of likely N-dealkylation sites (N-methyl/N-ethyl adjacent to an activating group) is 1. The maximum Gasteiger partial charge on any atom is 0.417 e. The van der Waals surface area contributed by atoms with Crippen molar-refractivity contribution < 1.29 is 31.9 Å². The molecule has 2 amide bonds. The first-order chi connectivity index (χ1) is 14.6. The van der Waals surface area contributed by atoms with Gasteiger partial charge in [0.15, 0.2) is 5.76 Å². The molecule has 31 heavy (non-hydrogen) atoms. The van der Waals surface area contributed by atoms with E-state index in [0.29, 0.717) is 16.5 Å². The fourth-order valence-corrected chi connectivity index (χ4v) is 3.27. The van der Waals surface area contributed by atoms with Gasteiger partial charge in [0.2, 0.25) is 5.91 Å². The van der Waals surface area contributed by atoms with Gasteiger partial charge in [-0.25, -0.2) is 0 Å². The first-order valence-electron chi connectivity index (χ1n) is 9.03. The van der Waals surface area contributed by atoms with Crippen LogP contribution in [-0.4, -0.2) is 37.4 Å². The van der Waals surface area contributed by atoms with E-state index in [2.05, 4.69) is 5.32 Å². The van der Waals surface area contributed by atoms with Gasteiger partial charge in [0.1, 0.15) is 5.58 Å². The zero-order chi connectivity index (χ0) is 22.8. The van der Waals surface area contributed by atoms with Crippen molar-refractivity contribution in [3.05, 3.63) is 64.4 Å². The van der Waals surface area contributed by atoms with Gasteiger partial charge >= 0.3 is 6.18 Å². The predicted octanol–water partition coefficient (Wildman–Crippen LogP) is 4.96. The number of anilines is 1. The van der Waals surface area contributed by atoms with Crippen molar-refractivity contribution in [2.24, 2.45) is 0 Å². The normalized spacial score (nSPS) is 11.5. The molecule has 0 unspecified atom stereocenters. The summed E-state index contributed by atoms with van der Waals surface area (Å²) in [7, 11) is 2.86. The van der Waals surface area contributed by atoms with E-state index in [4.69, 9.17) is 20.8 Å². The molecule has 6 nitrogen and oxygen atoms in total. The maximum atomic E-state index is 13.0. The number of nitrogens with one attached hydrogen (secondary N) is 1. The molecule has 10 heteroatoms. The number of para-hydroxylation sites is 1. The third-order valence-corrected chi connectivity index (χ3v) is 4.79. The Labute approximate surface area is 180 Å². The Morgan fingerprint density at radius 1 is 1.19 bits per heavy atom. The molecular weight excluding hydrogens is 437 g/mol. The third kappa shape index (κ3) is 5.00. The van der Waals surface area contributed by atoms with E-state index in [1.165, 1.54) is 20.2 Å². The van der Waals surface area contributed by atoms with Crippen LogP contribution in [0, 0.1) is 0 Å². The smallest absolute Gasteiger partial charge is 0.417 e. The Balaban J connectivity index is 1.75. The molecule has 0 aliphatic heterocycles. The Morgan fingerprint density at radius 3 is 2.58 bits per heavy atom. The molecule has 2 aromatic carbocycles. The monoisotopic (exact) mass is 454 g/mol. The van der Waals surface area contributed by atoms with E-state index in [-0.39, 0.29) is 18.1 Å². The number of benzene rings is 2. The Kier molecular flexibility index (Phi) is 6.56. The second-order valence-electron chi connectivity index (χ2n) is 6.74. The number of alkyl halides is 3. The number of carbonyl (C=O) groups is 2. The molecule has 0 aliphatic carbocycles. The van der Waals surface area contributed by atoms with Crippen LogP contribution in [-0.2, 0) is 22.3 Å². The number of amides is 2. The number of hydrogen-bond donors (Lipinski definition) is 1. The first kappa shape index (κ1) is 22.6. The average molecular weight is 455 g/mol. The van der Waals surface area contributed by atoms with E-state index in [1.807, 2.05) is 0 Å². The molecule has 1 heterocycles. The number of furan rings is 1. The largest absolute Gasteiger partial charge is 0.451 e. The van der Waals surface area contributed by atoms with Gasteiger partial charge in [-0.2, -0.15) is 13.2 Å². The molecule has 1 aromatic heterocycles. The van der Waals surface area contributed by atoms with Crippen LogP contribution >= 0.6 is 11.6 Å². The lowest BCUT2D eigenvalue weighted by atomic mass is 10.1. The van der Waals surface area contributed by atoms with Gasteiger partial charge in [-0.1, -0.05) is 29.8 Å². The molecule has 164 valence electrons. The highest BCUT2D eigenvalue weighted by Crippen LogP contribution is 2.36. The summed E-state index contributed by atoms with van der Waals surface area (Å²) in [4.78, 5) is 26.3. The quantitative estimate of drug-likeness (QED) is 0.571. The summed E-state index contributed by atoms with van der Waals surface area (Å²) in [5, 5.41) is 2.57. The predicted molar refractivity (Wildman–Crippen MR) is 109 cm³/mol. The number of ether oxygens (including phenoxy) is 1. The van der Waals surface area contributed by atoms with Crippen LogP contribution in [0.1, 0.15) is 21.7 Å². The molecule has 3 aromatic rings. The molecule has 0 bridgehead atoms. The SMILES string of the molecule is COCc1c(C(=O)N(C)CC(=O)Nc2ccc(Cl)c(C(F)(F)F)c2)oc2ccccc12. The number of nitrogens with zero attached hydrogens (tertiary/aromatic N) is 1. The highest BCUT2D eigenvalue weighted by molar-refractivity contribution is 6.31. The van der Waals surface area contributed by atoms with Gasteiger partial charge in [0, 0.05) is 30.8 Å². The van der Waals surface area contributed by atoms with Crippen molar-refractivity contribution in [2.75, 3.05) is 26.0 Å². The van der Waals surface area contributed by atoms with Crippen LogP contribution in [0.25, 0.3) is 11.0 Å². The molecular formula is C21H18ClF3N2O4. The topological polar surface area (TPSA) is 71.8 Å². The fraction of sp³-hybridized carbons (Fsp3) is 0.238. The standard InChI is InChI=1S/C21H18ClF3N2O4/c1-27(10-18(28)26-12-7-8-16(22)15(9-12)21(23,24)25)20(29)19-14(11-30-2)13-5-3-4-6-17(13)31-19/h3-9H,10-11H2,1-2H3,(H,26,28). The second kappa shape index (κ2) is 8.99. The summed E-state index contributed by atoms with van der Waals surface area (Å²) >= 11 is 5.58. The van der Waals surface area contributed by atoms with Gasteiger partial charge < -0.3 is 19.4 Å². The van der Waals surface area contributed by atoms with Gasteiger partial charge in [0.05, 0.1) is 23.7 Å². The van der Waals surface area contributed by atoms with Gasteiger partial charge in [0.25, 0.3) is 5.91 Å². The lowest BCUT2D eigenvalue weighted by molar-refractivity contribution is -0.137. The van der Waals surface area contributed by atoms with Crippen molar-refractivity contribution >= 4 is 40.1 Å². The molecule has 0 fully saturated rings. The third-order valence-electron chi connectivity index (χ3n) is 4.46. The Bertz CT molecular complexity index is 1130. The van der Waals surface area contributed by atoms with Crippen molar-refractivity contribution in [2.45, 2.75) is 12.8 Å². The highest BCUT2D eigenvalue weighted by atomic mass is 35.5. The van der Waals surface area contributed by atoms with Crippen LogP contribution in [0.2, 0.25) is 5.02 Å². The molecule has 0 saturated heterocycles. The van der Waals surface area contributed by atoms with Gasteiger partial charge in [-0.15, -0.1) is 0 Å². The number of fused-ring (bicyclic) bond motifs is 1. The minimum Gasteiger partial charge on any atom is -0.451 e. The number of carbonyl (C=O) groups excluding carboxylic acids is 2. The van der Waals surface area contributed by atoms with E-state index in [0.717, 1.165) is 17.0 Å². The first-order valence-corrected chi connectivity index (χ1v) is 9.41. The van der Waals surface area contributed by atoms with Crippen molar-refractivity contribution in [1.29, 1.82) is 0 Å². The van der Waals surface area contributed by atoms with Gasteiger partial charge in [-0.3, -0.25) is 9.59 Å². The second-order valence-corrected chi connectivity index (χ2v) is 7.15. The van der Waals surface area contributed by atoms with E-state index < -0.39 is 35.1 Å². The fourth-order valence-electron chi connectivity index (χ4n) is 3.04. The van der Waals surface area contributed by atoms with Crippen LogP contribution in [0.4, 0.5) is 18.9 Å². The molecule has 3 rings (SSSR count). The minimum atomic E-state index is -4.66. The van der Waals surface area contributed by atoms with E-state index in [9.17, 15) is 22.8 Å². The van der Waals surface area contributed by atoms with Crippen molar-refractivity contribution in [1.82, 2.24) is 4.90 Å². The van der Waals surface area contributed by atoms with E-state index >= 15 is 0 Å². The molecule has 1 N–H and O–H groups in total. The lowest BCUT2D eigenvalue weighted by Gasteiger charge is -2.17. The molecule has 0 saturated carbocycles. The van der Waals surface area contributed by atoms with Crippen LogP contribution in [0.5, 0.6) is 0 Å². The molecule has 0 radical (unpaired) electrons. The van der Waals surface area contributed by atoms with Gasteiger partial charge in [-0.05, 0) is 24.3 Å². The summed E-state index contributed by atoms with van der Waals surface area (Å²) in [6, 6.07) is 10.1. The zero-order valence-electron chi connectivity index (χ0n) is 16.5. The summed E-state index contributed by atoms with van der Waals surface area (Å²) in [6.07, 6.45) is -4.66. The van der Waals surface area contributed by atoms with Crippen LogP contribution in [0.3, 0.4) is 0 Å². The summed E-state index contributed by atoms with van der Waals surface area (Å²) in [6.45, 7) is -0.282. The average Bonchev–Trinajstić information content (AvgIpc) is 3.07. The lowest BCUT2D eigenvalue weighted by Crippen LogP contribution is -2.35. The number of rotatable bonds is 6. The Hall–Kier alpha value is -3.04. The maximum absolute atomic E-state index is 13.0. The zero-order valence-corrected chi connectivity index (χ0v) is 17.3. The molecule has 0 spiro atoms. The van der Waals surface area contributed by atoms with Crippen molar-refractivity contribution in [3.63, 3.8) is 0 Å². The molecule has 0 aliphatic rings. The summed E-state index contributed by atoms with van der Waals surface area (Å²) in [5.74, 6) is -1.22. The summed E-state index contributed by atoms with van der Waals surface area (Å²) in [5.41, 5.74) is -0.117. The number of methoxy groups -OCH3 is 1. The minimum absolute atomic E-state index is 0.0317. The van der Waals surface area contributed by atoms with Crippen LogP contribution < -0.4 is 5.32 Å². The highest BCUT2D eigenvalue weighted by Gasteiger charge is 2.33. The molecule has 0 atom stereocenters. The number of halogens is 4. The van der Waals surface area contributed by atoms with E-state index in [1.54, 1.807) is 24.3 Å². The number of hydrogen-bond acceptors (Lipinski definition) is 4. The summed E-state index contributed by atoms with van der Waals surface area (Å²) < 4.78 is 49.8. The Morgan fingerprint density at radius 2 is 1.90 bits per heavy atom.